The molecule has 0 aromatic rings. The molecule has 0 spiro atoms. The first kappa shape index (κ1) is 17.3. The molecule has 11 heteroatoms. The fourth-order valence-corrected chi connectivity index (χ4v) is 1.15. The summed E-state index contributed by atoms with van der Waals surface area (Å²) in [6, 6.07) is 0. The fraction of sp³-hybridized carbons (Fsp3) is 1.00. The van der Waals surface area contributed by atoms with Gasteiger partial charge in [0.1, 0.15) is 18.3 Å². The van der Waals surface area contributed by atoms with Gasteiger partial charge >= 0.3 is 8.26 Å². The maximum atomic E-state index is 9.25. The Bertz CT molecular complexity index is 327. The van der Waals surface area contributed by atoms with Crippen LogP contribution in [0.2, 0.25) is 0 Å². The summed E-state index contributed by atoms with van der Waals surface area (Å²) in [6.45, 7) is -1.36. The topological polar surface area (TPSA) is 145 Å². The minimum Gasteiger partial charge on any atom is -0.394 e. The van der Waals surface area contributed by atoms with E-state index in [2.05, 4.69) is 26.1 Å². The number of aliphatic hydroxyl groups is 5. The lowest BCUT2D eigenvalue weighted by Crippen LogP contribution is -2.46. The molecule has 0 saturated carbocycles. The van der Waals surface area contributed by atoms with Crippen LogP contribution in [0.3, 0.4) is 0 Å². The third kappa shape index (κ3) is 5.64. The molecule has 0 radical (unpaired) electrons. The highest BCUT2D eigenvalue weighted by atomic mass is 36.0. The van der Waals surface area contributed by atoms with Gasteiger partial charge < -0.3 is 30.3 Å². The van der Waals surface area contributed by atoms with Crippen molar-refractivity contribution in [3.63, 3.8) is 0 Å². The summed E-state index contributed by atoms with van der Waals surface area (Å²) in [5.74, 6) is -2.16. The van der Waals surface area contributed by atoms with Crippen molar-refractivity contribution in [1.29, 1.82) is 0 Å². The van der Waals surface area contributed by atoms with Gasteiger partial charge in [0.15, 0.2) is 0 Å². The molecule has 8 nitrogen and oxygen atoms in total. The van der Waals surface area contributed by atoms with E-state index in [1.54, 1.807) is 0 Å². The van der Waals surface area contributed by atoms with Crippen LogP contribution in [0.25, 0.3) is 0 Å². The van der Waals surface area contributed by atoms with Crippen molar-refractivity contribution < 1.29 is 38.7 Å². The number of aliphatic hydroxyl groups excluding tert-OH is 4. The summed E-state index contributed by atoms with van der Waals surface area (Å²) in [6.07, 6.45) is -4.04. The Morgan fingerprint density at radius 2 is 1.65 bits per heavy atom. The molecule has 5 N–H and O–H groups in total. The van der Waals surface area contributed by atoms with Gasteiger partial charge in [0.25, 0.3) is 0 Å². The van der Waals surface area contributed by atoms with Gasteiger partial charge in [-0.1, -0.05) is 0 Å². The van der Waals surface area contributed by atoms with Crippen LogP contribution in [0, 0.1) is 0 Å². The number of hydrogen-bond acceptors (Lipinski definition) is 8. The predicted molar refractivity (Wildman–Crippen MR) is 56.6 cm³/mol. The van der Waals surface area contributed by atoms with Crippen molar-refractivity contribution in [3.05, 3.63) is 0 Å². The molecule has 0 bridgehead atoms. The van der Waals surface area contributed by atoms with E-state index in [1.807, 2.05) is 0 Å². The summed E-state index contributed by atoms with van der Waals surface area (Å²) < 4.78 is 23.0. The Morgan fingerprint density at radius 1 is 1.24 bits per heavy atom. The Labute approximate surface area is 106 Å². The lowest BCUT2D eigenvalue weighted by molar-refractivity contribution is -0.248. The highest BCUT2D eigenvalue weighted by Crippen LogP contribution is 2.28. The van der Waals surface area contributed by atoms with Gasteiger partial charge in [0.2, 0.25) is 5.79 Å². The summed E-state index contributed by atoms with van der Waals surface area (Å²) in [4.78, 5) is 0. The molecule has 1 saturated heterocycles. The van der Waals surface area contributed by atoms with E-state index >= 15 is 0 Å². The normalized spacial score (nSPS) is 37.5. The summed E-state index contributed by atoms with van der Waals surface area (Å²) >= 11 is 0. The van der Waals surface area contributed by atoms with E-state index in [0.29, 0.717) is 0 Å². The molecule has 0 unspecified atom stereocenters. The van der Waals surface area contributed by atoms with Crippen molar-refractivity contribution in [2.75, 3.05) is 13.2 Å². The van der Waals surface area contributed by atoms with Gasteiger partial charge in [0, 0.05) is 21.4 Å². The number of rotatable bonds is 2. The second-order valence-electron chi connectivity index (χ2n) is 3.16. The molecular weight excluding hydrogens is 303 g/mol. The Balaban J connectivity index is 0.000000437. The monoisotopic (exact) mass is 314 g/mol. The van der Waals surface area contributed by atoms with Crippen molar-refractivity contribution in [3.8, 4) is 0 Å². The lowest BCUT2D eigenvalue weighted by atomic mass is 10.1. The van der Waals surface area contributed by atoms with E-state index in [4.69, 9.17) is 28.8 Å². The van der Waals surface area contributed by atoms with Crippen LogP contribution in [0.15, 0.2) is 0 Å². The zero-order valence-electron chi connectivity index (χ0n) is 8.27. The molecule has 104 valence electrons. The SMILES string of the molecule is O=S(=O)(Cl)Cl.OC[C@H]1O[C@](O)(CO)[C@@H](O)[C@@H]1O. The molecule has 0 aliphatic carbocycles. The van der Waals surface area contributed by atoms with Crippen LogP contribution in [-0.2, 0) is 13.0 Å². The molecular formula is C6H12Cl2O8S. The third-order valence-corrected chi connectivity index (χ3v) is 1.93. The first-order valence-corrected chi connectivity index (χ1v) is 7.31. The van der Waals surface area contributed by atoms with Crippen LogP contribution < -0.4 is 0 Å². The molecule has 1 rings (SSSR count). The second kappa shape index (κ2) is 6.45. The minimum atomic E-state index is -3.72. The standard InChI is InChI=1S/C6H12O6.Cl2O2S/c7-1-3-4(9)5(10)6(11,2-8)12-3;1-5(2,3)4/h3-5,7-11H,1-2H2;/t3-,4-,5+,6-;/m1./s1. The Hall–Kier alpha value is 0.290. The first-order chi connectivity index (χ1) is 7.55. The predicted octanol–water partition coefficient (Wildman–Crippen LogP) is -2.51. The summed E-state index contributed by atoms with van der Waals surface area (Å²) in [7, 11) is 4.81. The average molecular weight is 315 g/mol. The Kier molecular flexibility index (Phi) is 6.56. The molecule has 4 atom stereocenters. The van der Waals surface area contributed by atoms with Crippen molar-refractivity contribution >= 4 is 29.6 Å². The first-order valence-electron chi connectivity index (χ1n) is 4.17. The zero-order chi connectivity index (χ0) is 13.9. The maximum Gasteiger partial charge on any atom is 0.317 e. The number of ether oxygens (including phenoxy) is 1. The fourth-order valence-electron chi connectivity index (χ4n) is 1.15. The van der Waals surface area contributed by atoms with Gasteiger partial charge in [-0.15, -0.1) is 0 Å². The van der Waals surface area contributed by atoms with Crippen molar-refractivity contribution in [1.82, 2.24) is 0 Å². The van der Waals surface area contributed by atoms with Crippen molar-refractivity contribution in [2.45, 2.75) is 24.1 Å². The van der Waals surface area contributed by atoms with Gasteiger partial charge in [0.05, 0.1) is 13.2 Å². The summed E-state index contributed by atoms with van der Waals surface area (Å²) in [5, 5.41) is 44.7. The highest BCUT2D eigenvalue weighted by molar-refractivity contribution is 8.31. The highest BCUT2D eigenvalue weighted by Gasteiger charge is 2.52. The molecule has 17 heavy (non-hydrogen) atoms. The van der Waals surface area contributed by atoms with Crippen LogP contribution in [-0.4, -0.2) is 71.3 Å². The molecule has 1 fully saturated rings. The molecule has 1 aliphatic rings. The minimum absolute atomic E-state index is 0.527. The Morgan fingerprint density at radius 3 is 1.82 bits per heavy atom. The van der Waals surface area contributed by atoms with Crippen LogP contribution >= 0.6 is 21.4 Å². The molecule has 0 amide bonds. The quantitative estimate of drug-likeness (QED) is 0.351. The van der Waals surface area contributed by atoms with Gasteiger partial charge in [-0.05, 0) is 0 Å². The molecule has 1 aliphatic heterocycles. The molecule has 0 aromatic carbocycles. The van der Waals surface area contributed by atoms with E-state index in [9.17, 15) is 5.11 Å². The zero-order valence-corrected chi connectivity index (χ0v) is 10.6. The maximum absolute atomic E-state index is 9.25. The van der Waals surface area contributed by atoms with Crippen LogP contribution in [0.4, 0.5) is 0 Å². The van der Waals surface area contributed by atoms with E-state index in [0.717, 1.165) is 0 Å². The van der Waals surface area contributed by atoms with E-state index < -0.39 is 45.6 Å². The second-order valence-corrected chi connectivity index (χ2v) is 6.82. The average Bonchev–Trinajstić information content (AvgIpc) is 2.41. The van der Waals surface area contributed by atoms with Crippen molar-refractivity contribution in [2.24, 2.45) is 0 Å². The van der Waals surface area contributed by atoms with Crippen LogP contribution in [0.1, 0.15) is 0 Å². The lowest BCUT2D eigenvalue weighted by Gasteiger charge is -2.22. The molecule has 1 heterocycles. The van der Waals surface area contributed by atoms with E-state index in [-0.39, 0.29) is 0 Å². The van der Waals surface area contributed by atoms with Crippen LogP contribution in [0.5, 0.6) is 0 Å². The number of halogens is 2. The number of hydrogen-bond donors (Lipinski definition) is 5. The van der Waals surface area contributed by atoms with E-state index in [1.165, 1.54) is 0 Å². The third-order valence-electron chi connectivity index (χ3n) is 1.93. The molecule has 0 aromatic heterocycles. The summed E-state index contributed by atoms with van der Waals surface area (Å²) in [5.41, 5.74) is 0. The van der Waals surface area contributed by atoms with Gasteiger partial charge in [-0.25, -0.2) is 0 Å². The smallest absolute Gasteiger partial charge is 0.317 e. The largest absolute Gasteiger partial charge is 0.394 e. The van der Waals surface area contributed by atoms with Gasteiger partial charge in [-0.3, -0.25) is 0 Å². The van der Waals surface area contributed by atoms with Gasteiger partial charge in [-0.2, -0.15) is 8.42 Å².